The highest BCUT2D eigenvalue weighted by atomic mass is 127. The Hall–Kier alpha value is -3.04. The fraction of sp³-hybridized carbons (Fsp3) is 0. The van der Waals surface area contributed by atoms with Crippen LogP contribution in [0.25, 0.3) is 6.08 Å². The minimum atomic E-state index is -0.510. The Morgan fingerprint density at radius 1 is 0.900 bits per heavy atom. The van der Waals surface area contributed by atoms with Gasteiger partial charge in [-0.05, 0) is 95.0 Å². The molecule has 1 saturated heterocycles. The minimum Gasteiger partial charge on any atom is -0.457 e. The van der Waals surface area contributed by atoms with Crippen LogP contribution in [0.3, 0.4) is 0 Å². The van der Waals surface area contributed by atoms with Gasteiger partial charge in [0, 0.05) is 3.57 Å². The van der Waals surface area contributed by atoms with Crippen LogP contribution in [-0.2, 0) is 9.59 Å². The van der Waals surface area contributed by atoms with Crippen LogP contribution in [0.5, 0.6) is 11.5 Å². The van der Waals surface area contributed by atoms with Crippen LogP contribution in [0.1, 0.15) is 5.56 Å². The Morgan fingerprint density at radius 2 is 1.60 bits per heavy atom. The van der Waals surface area contributed by atoms with Gasteiger partial charge < -0.3 is 4.74 Å². The summed E-state index contributed by atoms with van der Waals surface area (Å²) in [5, 5.41) is 2.64. The number of rotatable bonds is 4. The lowest BCUT2D eigenvalue weighted by atomic mass is 10.1. The van der Waals surface area contributed by atoms with Crippen molar-refractivity contribution in [3.8, 4) is 11.5 Å². The molecule has 1 aliphatic heterocycles. The fourth-order valence-electron chi connectivity index (χ4n) is 2.94. The molecule has 0 atom stereocenters. The molecule has 30 heavy (non-hydrogen) atoms. The van der Waals surface area contributed by atoms with E-state index in [2.05, 4.69) is 27.9 Å². The Bertz CT molecular complexity index is 1160. The summed E-state index contributed by atoms with van der Waals surface area (Å²) in [5.74, 6) is 0.354. The smallest absolute Gasteiger partial charge is 0.270 e. The quantitative estimate of drug-likeness (QED) is 0.227. The minimum absolute atomic E-state index is 0.0233. The highest BCUT2D eigenvalue weighted by Gasteiger charge is 2.34. The summed E-state index contributed by atoms with van der Waals surface area (Å²) in [7, 11) is 0. The van der Waals surface area contributed by atoms with Gasteiger partial charge in [-0.1, -0.05) is 30.3 Å². The van der Waals surface area contributed by atoms with Crippen molar-refractivity contribution in [1.29, 1.82) is 0 Å². The monoisotopic (exact) mass is 526 g/mol. The van der Waals surface area contributed by atoms with Crippen LogP contribution in [0.4, 0.5) is 5.69 Å². The molecule has 0 aromatic heterocycles. The Balaban J connectivity index is 1.60. The van der Waals surface area contributed by atoms with E-state index in [0.29, 0.717) is 17.2 Å². The second-order valence-corrected chi connectivity index (χ2v) is 8.05. The largest absolute Gasteiger partial charge is 0.457 e. The molecule has 5 nitrogen and oxygen atoms in total. The predicted molar refractivity (Wildman–Crippen MR) is 128 cm³/mol. The Labute approximate surface area is 192 Å². The number of thiocarbonyl (C=S) groups is 1. The van der Waals surface area contributed by atoms with E-state index in [1.54, 1.807) is 30.3 Å². The summed E-state index contributed by atoms with van der Waals surface area (Å²) < 4.78 is 6.79. The summed E-state index contributed by atoms with van der Waals surface area (Å²) in [4.78, 5) is 26.8. The molecule has 148 valence electrons. The topological polar surface area (TPSA) is 58.6 Å². The van der Waals surface area contributed by atoms with Crippen molar-refractivity contribution in [3.05, 3.63) is 93.6 Å². The highest BCUT2D eigenvalue weighted by molar-refractivity contribution is 14.1. The number of benzene rings is 3. The number of amides is 2. The number of hydrogen-bond donors (Lipinski definition) is 1. The van der Waals surface area contributed by atoms with Gasteiger partial charge >= 0.3 is 0 Å². The summed E-state index contributed by atoms with van der Waals surface area (Å²) in [6.45, 7) is 0. The van der Waals surface area contributed by atoms with Crippen molar-refractivity contribution in [3.63, 3.8) is 0 Å². The molecule has 1 fully saturated rings. The molecule has 4 rings (SSSR count). The average molecular weight is 526 g/mol. The molecule has 0 aliphatic carbocycles. The van der Waals surface area contributed by atoms with Gasteiger partial charge in [0.2, 0.25) is 0 Å². The van der Waals surface area contributed by atoms with E-state index in [4.69, 9.17) is 17.0 Å². The van der Waals surface area contributed by atoms with E-state index in [1.165, 1.54) is 4.90 Å². The molecule has 0 unspecified atom stereocenters. The second kappa shape index (κ2) is 8.76. The maximum atomic E-state index is 13.1. The van der Waals surface area contributed by atoms with Crippen LogP contribution in [0.15, 0.2) is 84.4 Å². The zero-order valence-electron chi connectivity index (χ0n) is 15.5. The molecule has 0 bridgehead atoms. The van der Waals surface area contributed by atoms with Crippen molar-refractivity contribution < 1.29 is 14.3 Å². The molecule has 2 amide bonds. The summed E-state index contributed by atoms with van der Waals surface area (Å²) >= 11 is 7.43. The number of nitrogens with zero attached hydrogens (tertiary/aromatic N) is 1. The zero-order chi connectivity index (χ0) is 21.1. The Kier molecular flexibility index (Phi) is 5.91. The lowest BCUT2D eigenvalue weighted by Gasteiger charge is -2.29. The van der Waals surface area contributed by atoms with Gasteiger partial charge in [0.25, 0.3) is 11.8 Å². The first-order valence-electron chi connectivity index (χ1n) is 9.01. The van der Waals surface area contributed by atoms with E-state index in [1.807, 2.05) is 54.6 Å². The molecule has 3 aromatic carbocycles. The number of anilines is 1. The van der Waals surface area contributed by atoms with Crippen molar-refractivity contribution in [1.82, 2.24) is 5.32 Å². The van der Waals surface area contributed by atoms with Crippen LogP contribution < -0.4 is 15.0 Å². The van der Waals surface area contributed by atoms with Gasteiger partial charge in [0.15, 0.2) is 5.11 Å². The number of carbonyl (C=O) groups excluding carboxylic acids is 2. The van der Waals surface area contributed by atoms with Crippen LogP contribution in [0, 0.1) is 3.57 Å². The molecule has 0 spiro atoms. The molecule has 1 N–H and O–H groups in total. The molecule has 0 saturated carbocycles. The molecular formula is C23H15IN2O3S. The first kappa shape index (κ1) is 20.2. The van der Waals surface area contributed by atoms with Gasteiger partial charge in [-0.2, -0.15) is 0 Å². The van der Waals surface area contributed by atoms with Gasteiger partial charge in [-0.15, -0.1) is 0 Å². The molecule has 7 heteroatoms. The number of carbonyl (C=O) groups is 2. The lowest BCUT2D eigenvalue weighted by Crippen LogP contribution is -2.54. The molecule has 1 heterocycles. The number of ether oxygens (including phenoxy) is 1. The number of nitrogens with one attached hydrogen (secondary N) is 1. The van der Waals surface area contributed by atoms with E-state index in [0.717, 1.165) is 9.13 Å². The molecule has 1 aliphatic rings. The highest BCUT2D eigenvalue weighted by Crippen LogP contribution is 2.27. The maximum Gasteiger partial charge on any atom is 0.270 e. The lowest BCUT2D eigenvalue weighted by molar-refractivity contribution is -0.122. The summed E-state index contributed by atoms with van der Waals surface area (Å²) in [6.07, 6.45) is 1.57. The van der Waals surface area contributed by atoms with Crippen molar-refractivity contribution >= 4 is 63.5 Å². The Morgan fingerprint density at radius 3 is 2.30 bits per heavy atom. The standard InChI is InChI=1S/C23H15IN2O3S/c24-16-6-4-5-15(13-16)14-20-21(27)25-23(30)26(22(20)28)17-9-11-19(12-10-17)29-18-7-2-1-3-8-18/h1-14H,(H,25,27,30). The maximum absolute atomic E-state index is 13.1. The van der Waals surface area contributed by atoms with Crippen LogP contribution in [0.2, 0.25) is 0 Å². The number of halogens is 1. The third-order valence-electron chi connectivity index (χ3n) is 4.34. The number of para-hydroxylation sites is 1. The van der Waals surface area contributed by atoms with Crippen molar-refractivity contribution in [2.24, 2.45) is 0 Å². The molecule has 0 radical (unpaired) electrons. The predicted octanol–water partition coefficient (Wildman–Crippen LogP) is 4.91. The van der Waals surface area contributed by atoms with Gasteiger partial charge in [-0.25, -0.2) is 0 Å². The van der Waals surface area contributed by atoms with Crippen molar-refractivity contribution in [2.45, 2.75) is 0 Å². The molecule has 3 aromatic rings. The third-order valence-corrected chi connectivity index (χ3v) is 5.29. The first-order chi connectivity index (χ1) is 14.5. The number of hydrogen-bond acceptors (Lipinski definition) is 4. The van der Waals surface area contributed by atoms with Crippen LogP contribution in [-0.4, -0.2) is 16.9 Å². The van der Waals surface area contributed by atoms with E-state index >= 15 is 0 Å². The fourth-order valence-corrected chi connectivity index (χ4v) is 3.79. The van der Waals surface area contributed by atoms with Crippen LogP contribution >= 0.6 is 34.8 Å². The summed E-state index contributed by atoms with van der Waals surface area (Å²) in [6, 6.07) is 23.9. The second-order valence-electron chi connectivity index (χ2n) is 6.42. The average Bonchev–Trinajstić information content (AvgIpc) is 2.73. The first-order valence-corrected chi connectivity index (χ1v) is 10.5. The molecular weight excluding hydrogens is 511 g/mol. The van der Waals surface area contributed by atoms with Crippen molar-refractivity contribution in [2.75, 3.05) is 4.90 Å². The zero-order valence-corrected chi connectivity index (χ0v) is 18.5. The normalized spacial score (nSPS) is 15.3. The van der Waals surface area contributed by atoms with E-state index in [-0.39, 0.29) is 10.7 Å². The van der Waals surface area contributed by atoms with Gasteiger partial charge in [0.1, 0.15) is 17.1 Å². The SMILES string of the molecule is O=C1NC(=S)N(c2ccc(Oc3ccccc3)cc2)C(=O)C1=Cc1cccc(I)c1. The van der Waals surface area contributed by atoms with Gasteiger partial charge in [-0.3, -0.25) is 19.8 Å². The third kappa shape index (κ3) is 4.42. The summed E-state index contributed by atoms with van der Waals surface area (Å²) in [5.41, 5.74) is 1.33. The van der Waals surface area contributed by atoms with E-state index < -0.39 is 11.8 Å². The van der Waals surface area contributed by atoms with E-state index in [9.17, 15) is 9.59 Å². The van der Waals surface area contributed by atoms with Gasteiger partial charge in [0.05, 0.1) is 5.69 Å².